The molecule has 1 rings (SSSR count). The molecule has 1 heterocycles. The molecule has 2 unspecified atom stereocenters. The Morgan fingerprint density at radius 3 is 2.57 bits per heavy atom. The molecule has 0 aromatic carbocycles. The van der Waals surface area contributed by atoms with Crippen LogP contribution in [0.3, 0.4) is 0 Å². The topological polar surface area (TPSA) is 120 Å². The van der Waals surface area contributed by atoms with Gasteiger partial charge in [-0.1, -0.05) is 0 Å². The van der Waals surface area contributed by atoms with Crippen LogP contribution >= 0.6 is 0 Å². The molecule has 0 radical (unpaired) electrons. The first-order chi connectivity index (χ1) is 6.65. The van der Waals surface area contributed by atoms with E-state index in [0.717, 1.165) is 0 Å². The largest absolute Gasteiger partial charge is 0.329 e. The smallest absolute Gasteiger partial charge is 0.314 e. The molecule has 6 nitrogen and oxygen atoms in total. The maximum atomic E-state index is 11.0. The normalized spacial score (nSPS) is 22.5. The van der Waals surface area contributed by atoms with Crippen molar-refractivity contribution >= 4 is 17.4 Å². The lowest BCUT2D eigenvalue weighted by molar-refractivity contribution is -0.135. The van der Waals surface area contributed by atoms with Crippen molar-refractivity contribution in [2.45, 2.75) is 0 Å². The zero-order valence-corrected chi connectivity index (χ0v) is 7.10. The highest BCUT2D eigenvalue weighted by molar-refractivity contribution is 6.48. The molecule has 70 valence electrons. The molecule has 0 fully saturated rings. The van der Waals surface area contributed by atoms with Gasteiger partial charge >= 0.3 is 5.91 Å². The number of nitrogens with two attached hydrogens (primary N) is 1. The van der Waals surface area contributed by atoms with Gasteiger partial charge in [-0.25, -0.2) is 4.99 Å². The second-order valence-corrected chi connectivity index (χ2v) is 2.69. The molecule has 1 aliphatic heterocycles. The standard InChI is InChI=1S/C8H6N4O2/c9-1-4(2-10)6-5(3-11)7(13)8(14)12-6/h4-5H,1,9H2. The Balaban J connectivity index is 3.07. The van der Waals surface area contributed by atoms with Gasteiger partial charge in [0.2, 0.25) is 5.78 Å². The number of aliphatic imine (C=N–C) groups is 1. The van der Waals surface area contributed by atoms with E-state index in [0.29, 0.717) is 0 Å². The molecule has 0 saturated carbocycles. The van der Waals surface area contributed by atoms with E-state index in [1.165, 1.54) is 0 Å². The van der Waals surface area contributed by atoms with Crippen LogP contribution in [0.1, 0.15) is 0 Å². The van der Waals surface area contributed by atoms with Crippen molar-refractivity contribution < 1.29 is 9.59 Å². The number of hydrogen-bond donors (Lipinski definition) is 1. The second-order valence-electron chi connectivity index (χ2n) is 2.69. The van der Waals surface area contributed by atoms with Crippen molar-refractivity contribution in [3.63, 3.8) is 0 Å². The first kappa shape index (κ1) is 10.0. The molecule has 6 heteroatoms. The van der Waals surface area contributed by atoms with Gasteiger partial charge in [-0.3, -0.25) is 9.59 Å². The van der Waals surface area contributed by atoms with E-state index in [2.05, 4.69) is 4.99 Å². The lowest BCUT2D eigenvalue weighted by Gasteiger charge is -2.06. The van der Waals surface area contributed by atoms with E-state index in [1.807, 2.05) is 0 Å². The number of amides is 1. The maximum absolute atomic E-state index is 11.0. The predicted octanol–water partition coefficient (Wildman–Crippen LogP) is -1.23. The SMILES string of the molecule is N#CC(CN)C1=NC(=O)C(=O)C1C#N. The van der Waals surface area contributed by atoms with Crippen molar-refractivity contribution in [3.8, 4) is 12.1 Å². The first-order valence-electron chi connectivity index (χ1n) is 3.81. The molecule has 1 aliphatic rings. The van der Waals surface area contributed by atoms with Gasteiger partial charge in [0.25, 0.3) is 0 Å². The van der Waals surface area contributed by atoms with Crippen LogP contribution in [0, 0.1) is 34.5 Å². The molecule has 0 bridgehead atoms. The van der Waals surface area contributed by atoms with Crippen molar-refractivity contribution in [2.24, 2.45) is 22.6 Å². The third-order valence-electron chi connectivity index (χ3n) is 1.88. The molecule has 0 aromatic heterocycles. The van der Waals surface area contributed by atoms with Crippen LogP contribution in [0.2, 0.25) is 0 Å². The minimum absolute atomic E-state index is 0.0208. The Bertz CT molecular complexity index is 399. The number of carbonyl (C=O) groups excluding carboxylic acids is 2. The van der Waals surface area contributed by atoms with Crippen LogP contribution in [0.4, 0.5) is 0 Å². The van der Waals surface area contributed by atoms with Crippen LogP contribution in [-0.4, -0.2) is 23.9 Å². The van der Waals surface area contributed by atoms with Gasteiger partial charge < -0.3 is 5.73 Å². The van der Waals surface area contributed by atoms with Gasteiger partial charge in [0.05, 0.1) is 23.8 Å². The van der Waals surface area contributed by atoms with Gasteiger partial charge in [-0.05, 0) is 0 Å². The molecule has 0 aromatic rings. The third kappa shape index (κ3) is 1.39. The summed E-state index contributed by atoms with van der Waals surface area (Å²) in [5, 5.41) is 17.2. The summed E-state index contributed by atoms with van der Waals surface area (Å²) in [7, 11) is 0. The van der Waals surface area contributed by atoms with Gasteiger partial charge in [-0.15, -0.1) is 0 Å². The van der Waals surface area contributed by atoms with E-state index in [1.54, 1.807) is 12.1 Å². The summed E-state index contributed by atoms with van der Waals surface area (Å²) in [6.45, 7) is -0.0614. The van der Waals surface area contributed by atoms with Crippen LogP contribution in [-0.2, 0) is 9.59 Å². The maximum Gasteiger partial charge on any atom is 0.314 e. The Morgan fingerprint density at radius 1 is 1.50 bits per heavy atom. The summed E-state index contributed by atoms with van der Waals surface area (Å²) >= 11 is 0. The molecule has 2 atom stereocenters. The molecule has 1 amide bonds. The number of nitriles is 2. The molecular formula is C8H6N4O2. The highest BCUT2D eigenvalue weighted by atomic mass is 16.2. The zero-order valence-electron chi connectivity index (χ0n) is 7.10. The average Bonchev–Trinajstić information content (AvgIpc) is 2.45. The van der Waals surface area contributed by atoms with Gasteiger partial charge in [0.15, 0.2) is 5.92 Å². The lowest BCUT2D eigenvalue weighted by atomic mass is 9.93. The highest BCUT2D eigenvalue weighted by Gasteiger charge is 2.39. The Morgan fingerprint density at radius 2 is 2.14 bits per heavy atom. The minimum Gasteiger partial charge on any atom is -0.329 e. The minimum atomic E-state index is -1.23. The summed E-state index contributed by atoms with van der Waals surface area (Å²) in [5.74, 6) is -3.91. The molecule has 2 N–H and O–H groups in total. The molecule has 0 spiro atoms. The quantitative estimate of drug-likeness (QED) is 0.547. The van der Waals surface area contributed by atoms with E-state index in [9.17, 15) is 9.59 Å². The Labute approximate surface area is 79.6 Å². The summed E-state index contributed by atoms with van der Waals surface area (Å²) in [4.78, 5) is 25.3. The van der Waals surface area contributed by atoms with Crippen molar-refractivity contribution in [1.29, 1.82) is 10.5 Å². The highest BCUT2D eigenvalue weighted by Crippen LogP contribution is 2.16. The van der Waals surface area contributed by atoms with Gasteiger partial charge in [-0.2, -0.15) is 10.5 Å². The second kappa shape index (κ2) is 3.77. The van der Waals surface area contributed by atoms with E-state index < -0.39 is 23.5 Å². The van der Waals surface area contributed by atoms with Crippen molar-refractivity contribution in [2.75, 3.05) is 6.54 Å². The van der Waals surface area contributed by atoms with E-state index in [-0.39, 0.29) is 12.3 Å². The summed E-state index contributed by atoms with van der Waals surface area (Å²) in [5.41, 5.74) is 5.21. The van der Waals surface area contributed by atoms with Crippen LogP contribution < -0.4 is 5.73 Å². The Kier molecular flexibility index (Phi) is 2.70. The molecule has 0 aliphatic carbocycles. The van der Waals surface area contributed by atoms with Gasteiger partial charge in [0, 0.05) is 6.54 Å². The monoisotopic (exact) mass is 190 g/mol. The van der Waals surface area contributed by atoms with Crippen LogP contribution in [0.5, 0.6) is 0 Å². The zero-order chi connectivity index (χ0) is 10.7. The summed E-state index contributed by atoms with van der Waals surface area (Å²) in [6, 6.07) is 3.42. The van der Waals surface area contributed by atoms with Crippen molar-refractivity contribution in [3.05, 3.63) is 0 Å². The fourth-order valence-electron chi connectivity index (χ4n) is 1.14. The lowest BCUT2D eigenvalue weighted by Crippen LogP contribution is -2.28. The summed E-state index contributed by atoms with van der Waals surface area (Å²) < 4.78 is 0. The number of ketones is 1. The fraction of sp³-hybridized carbons (Fsp3) is 0.375. The van der Waals surface area contributed by atoms with Gasteiger partial charge in [0.1, 0.15) is 0 Å². The number of hydrogen-bond acceptors (Lipinski definition) is 5. The number of nitrogens with zero attached hydrogens (tertiary/aromatic N) is 3. The average molecular weight is 190 g/mol. The van der Waals surface area contributed by atoms with Crippen LogP contribution in [0.25, 0.3) is 0 Å². The predicted molar refractivity (Wildman–Crippen MR) is 44.7 cm³/mol. The molecular weight excluding hydrogens is 184 g/mol. The number of rotatable bonds is 2. The van der Waals surface area contributed by atoms with E-state index >= 15 is 0 Å². The van der Waals surface area contributed by atoms with Crippen molar-refractivity contribution in [1.82, 2.24) is 0 Å². The van der Waals surface area contributed by atoms with E-state index in [4.69, 9.17) is 16.3 Å². The third-order valence-corrected chi connectivity index (χ3v) is 1.88. The fourth-order valence-corrected chi connectivity index (χ4v) is 1.14. The summed E-state index contributed by atoms with van der Waals surface area (Å²) in [6.07, 6.45) is 0. The Hall–Kier alpha value is -2.05. The number of carbonyl (C=O) groups is 2. The first-order valence-corrected chi connectivity index (χ1v) is 3.81. The molecule has 0 saturated heterocycles. The molecule has 14 heavy (non-hydrogen) atoms. The number of Topliss-reactive ketones (excluding diaryl/α,β-unsaturated/α-hetero) is 1. The van der Waals surface area contributed by atoms with Crippen LogP contribution in [0.15, 0.2) is 4.99 Å².